The summed E-state index contributed by atoms with van der Waals surface area (Å²) in [5.74, 6) is 6.51. The Balaban J connectivity index is 1.93. The normalized spacial score (nSPS) is 11.4. The van der Waals surface area contributed by atoms with Crippen molar-refractivity contribution in [2.45, 2.75) is 25.9 Å². The molecule has 0 bridgehead atoms. The molecule has 0 saturated carbocycles. The lowest BCUT2D eigenvalue weighted by atomic mass is 10.1. The molecular weight excluding hydrogens is 230 g/mol. The fraction of sp³-hybridized carbons (Fsp3) is 0.222. The molecule has 1 heteroatoms. The molecule has 0 spiro atoms. The molecule has 0 aliphatic carbocycles. The second kappa shape index (κ2) is 7.41. The van der Waals surface area contributed by atoms with Crippen molar-refractivity contribution in [1.29, 1.82) is 0 Å². The van der Waals surface area contributed by atoms with E-state index in [1.165, 1.54) is 5.56 Å². The molecule has 2 aromatic rings. The van der Waals surface area contributed by atoms with E-state index in [0.29, 0.717) is 0 Å². The molecule has 0 amide bonds. The van der Waals surface area contributed by atoms with Gasteiger partial charge in [0.15, 0.2) is 0 Å². The van der Waals surface area contributed by atoms with Crippen molar-refractivity contribution in [1.82, 2.24) is 5.32 Å². The van der Waals surface area contributed by atoms with Gasteiger partial charge in [-0.3, -0.25) is 5.32 Å². The van der Waals surface area contributed by atoms with Crippen LogP contribution in [0.2, 0.25) is 0 Å². The standard InChI is InChI=1S/C18H19N/c1-2-18(14-13-16-9-5-3-6-10-16)19-15-17-11-7-4-8-12-17/h3-12,18-19H,2,15H2,1H3. The van der Waals surface area contributed by atoms with Crippen LogP contribution in [-0.2, 0) is 6.54 Å². The number of rotatable bonds is 4. The zero-order valence-corrected chi connectivity index (χ0v) is 11.3. The Labute approximate surface area is 115 Å². The molecule has 1 N–H and O–H groups in total. The van der Waals surface area contributed by atoms with E-state index in [4.69, 9.17) is 0 Å². The van der Waals surface area contributed by atoms with Crippen molar-refractivity contribution in [3.05, 3.63) is 71.8 Å². The monoisotopic (exact) mass is 249 g/mol. The lowest BCUT2D eigenvalue weighted by Gasteiger charge is -2.10. The van der Waals surface area contributed by atoms with Gasteiger partial charge in [0, 0.05) is 12.1 Å². The molecule has 0 aromatic heterocycles. The average molecular weight is 249 g/mol. The van der Waals surface area contributed by atoms with Crippen LogP contribution in [0.5, 0.6) is 0 Å². The Morgan fingerprint density at radius 3 is 2.21 bits per heavy atom. The van der Waals surface area contributed by atoms with Gasteiger partial charge in [-0.05, 0) is 24.1 Å². The Bertz CT molecular complexity index is 534. The Kier molecular flexibility index (Phi) is 5.22. The quantitative estimate of drug-likeness (QED) is 0.816. The first-order valence-electron chi connectivity index (χ1n) is 6.72. The molecule has 1 atom stereocenters. The van der Waals surface area contributed by atoms with Gasteiger partial charge in [-0.2, -0.15) is 0 Å². The first kappa shape index (κ1) is 13.4. The van der Waals surface area contributed by atoms with Crippen LogP contribution in [0.1, 0.15) is 24.5 Å². The van der Waals surface area contributed by atoms with Gasteiger partial charge >= 0.3 is 0 Å². The molecule has 19 heavy (non-hydrogen) atoms. The minimum atomic E-state index is 0.236. The van der Waals surface area contributed by atoms with Crippen LogP contribution < -0.4 is 5.32 Å². The van der Waals surface area contributed by atoms with Crippen LogP contribution >= 0.6 is 0 Å². The van der Waals surface area contributed by atoms with Crippen molar-refractivity contribution >= 4 is 0 Å². The summed E-state index contributed by atoms with van der Waals surface area (Å²) in [6, 6.07) is 20.8. The minimum absolute atomic E-state index is 0.236. The Morgan fingerprint density at radius 1 is 0.947 bits per heavy atom. The molecule has 1 unspecified atom stereocenters. The van der Waals surface area contributed by atoms with Crippen molar-refractivity contribution in [3.8, 4) is 11.8 Å². The lowest BCUT2D eigenvalue weighted by molar-refractivity contribution is 0.592. The van der Waals surface area contributed by atoms with Gasteiger partial charge in [0.1, 0.15) is 0 Å². The van der Waals surface area contributed by atoms with Crippen LogP contribution in [0.15, 0.2) is 60.7 Å². The van der Waals surface area contributed by atoms with E-state index < -0.39 is 0 Å². The summed E-state index contributed by atoms with van der Waals surface area (Å²) in [4.78, 5) is 0. The zero-order chi connectivity index (χ0) is 13.3. The topological polar surface area (TPSA) is 12.0 Å². The van der Waals surface area contributed by atoms with Gasteiger partial charge in [-0.25, -0.2) is 0 Å². The number of benzene rings is 2. The summed E-state index contributed by atoms with van der Waals surface area (Å²) >= 11 is 0. The maximum Gasteiger partial charge on any atom is 0.0693 e. The van der Waals surface area contributed by atoms with E-state index >= 15 is 0 Å². The van der Waals surface area contributed by atoms with E-state index in [0.717, 1.165) is 18.5 Å². The lowest BCUT2D eigenvalue weighted by Crippen LogP contribution is -2.26. The van der Waals surface area contributed by atoms with Crippen LogP contribution in [0.25, 0.3) is 0 Å². The largest absolute Gasteiger partial charge is 0.300 e. The molecule has 2 aromatic carbocycles. The summed E-state index contributed by atoms with van der Waals surface area (Å²) in [5, 5.41) is 3.48. The molecule has 0 aliphatic heterocycles. The molecule has 0 fully saturated rings. The number of nitrogens with one attached hydrogen (secondary N) is 1. The Morgan fingerprint density at radius 2 is 1.58 bits per heavy atom. The summed E-state index contributed by atoms with van der Waals surface area (Å²) in [7, 11) is 0. The van der Waals surface area contributed by atoms with Crippen LogP contribution in [0.4, 0.5) is 0 Å². The fourth-order valence-corrected chi connectivity index (χ4v) is 1.83. The number of hydrogen-bond acceptors (Lipinski definition) is 1. The van der Waals surface area contributed by atoms with Crippen LogP contribution in [-0.4, -0.2) is 6.04 Å². The van der Waals surface area contributed by atoms with E-state index in [-0.39, 0.29) is 6.04 Å². The summed E-state index contributed by atoms with van der Waals surface area (Å²) in [6.45, 7) is 3.02. The van der Waals surface area contributed by atoms with Gasteiger partial charge in [0.2, 0.25) is 0 Å². The first-order valence-corrected chi connectivity index (χ1v) is 6.72. The maximum atomic E-state index is 3.48. The second-order valence-electron chi connectivity index (χ2n) is 4.46. The molecule has 96 valence electrons. The smallest absolute Gasteiger partial charge is 0.0693 e. The third-order valence-corrected chi connectivity index (χ3v) is 2.97. The highest BCUT2D eigenvalue weighted by Gasteiger charge is 2.00. The zero-order valence-electron chi connectivity index (χ0n) is 11.3. The predicted octanol–water partition coefficient (Wildman–Crippen LogP) is 3.61. The highest BCUT2D eigenvalue weighted by atomic mass is 14.9. The third-order valence-electron chi connectivity index (χ3n) is 2.97. The van der Waals surface area contributed by atoms with Gasteiger partial charge in [-0.15, -0.1) is 0 Å². The van der Waals surface area contributed by atoms with Gasteiger partial charge in [0.25, 0.3) is 0 Å². The van der Waals surface area contributed by atoms with Crippen LogP contribution in [0, 0.1) is 11.8 Å². The van der Waals surface area contributed by atoms with E-state index in [2.05, 4.69) is 48.3 Å². The highest BCUT2D eigenvalue weighted by Crippen LogP contribution is 2.00. The average Bonchev–Trinajstić information content (AvgIpc) is 2.49. The minimum Gasteiger partial charge on any atom is -0.300 e. The van der Waals surface area contributed by atoms with Gasteiger partial charge in [-0.1, -0.05) is 67.3 Å². The van der Waals surface area contributed by atoms with E-state index in [1.807, 2.05) is 36.4 Å². The molecule has 0 radical (unpaired) electrons. The maximum absolute atomic E-state index is 3.48. The van der Waals surface area contributed by atoms with Crippen molar-refractivity contribution in [3.63, 3.8) is 0 Å². The van der Waals surface area contributed by atoms with Crippen molar-refractivity contribution < 1.29 is 0 Å². The SMILES string of the molecule is CCC(C#Cc1ccccc1)NCc1ccccc1. The fourth-order valence-electron chi connectivity index (χ4n) is 1.83. The molecule has 0 aliphatic rings. The predicted molar refractivity (Wildman–Crippen MR) is 80.7 cm³/mol. The molecule has 0 saturated heterocycles. The third kappa shape index (κ3) is 4.62. The first-order chi connectivity index (χ1) is 9.38. The Hall–Kier alpha value is -2.04. The van der Waals surface area contributed by atoms with Crippen molar-refractivity contribution in [2.24, 2.45) is 0 Å². The summed E-state index contributed by atoms with van der Waals surface area (Å²) in [5.41, 5.74) is 2.37. The van der Waals surface area contributed by atoms with Crippen molar-refractivity contribution in [2.75, 3.05) is 0 Å². The number of hydrogen-bond donors (Lipinski definition) is 1. The summed E-state index contributed by atoms with van der Waals surface area (Å²) < 4.78 is 0. The molecule has 2 rings (SSSR count). The molecule has 1 nitrogen and oxygen atoms in total. The molecular formula is C18H19N. The second-order valence-corrected chi connectivity index (χ2v) is 4.46. The molecule has 0 heterocycles. The van der Waals surface area contributed by atoms with Gasteiger partial charge in [0.05, 0.1) is 6.04 Å². The van der Waals surface area contributed by atoms with Crippen LogP contribution in [0.3, 0.4) is 0 Å². The highest BCUT2D eigenvalue weighted by molar-refractivity contribution is 5.34. The van der Waals surface area contributed by atoms with E-state index in [9.17, 15) is 0 Å². The summed E-state index contributed by atoms with van der Waals surface area (Å²) in [6.07, 6.45) is 1.01. The van der Waals surface area contributed by atoms with E-state index in [1.54, 1.807) is 0 Å². The van der Waals surface area contributed by atoms with Gasteiger partial charge < -0.3 is 0 Å².